The lowest BCUT2D eigenvalue weighted by Gasteiger charge is -2.22. The van der Waals surface area contributed by atoms with Crippen LogP contribution in [-0.2, 0) is 9.53 Å². The molecule has 10 nitrogen and oxygen atoms in total. The third-order valence-corrected chi connectivity index (χ3v) is 2.04. The number of rotatable bonds is 8. The van der Waals surface area contributed by atoms with Crippen LogP contribution in [0, 0.1) is 0 Å². The Kier molecular flexibility index (Phi) is 7.77. The molecule has 0 aliphatic heterocycles. The number of hydrogen-bond donors (Lipinski definition) is 5. The number of hydrogen-bond acceptors (Lipinski definition) is 6. The van der Waals surface area contributed by atoms with E-state index in [1.165, 1.54) is 0 Å². The van der Waals surface area contributed by atoms with Gasteiger partial charge in [0.05, 0.1) is 6.61 Å². The monoisotopic (exact) mass is 274 g/mol. The molecular weight excluding hydrogens is 252 g/mol. The first kappa shape index (κ1) is 16.8. The van der Waals surface area contributed by atoms with E-state index in [4.69, 9.17) is 33.5 Å². The molecular formula is C9H22N8O2. The van der Waals surface area contributed by atoms with Gasteiger partial charge in [-0.2, -0.15) is 0 Å². The van der Waals surface area contributed by atoms with Crippen LogP contribution in [0.15, 0.2) is 10.1 Å². The van der Waals surface area contributed by atoms with Gasteiger partial charge in [0.2, 0.25) is 5.96 Å². The zero-order valence-electron chi connectivity index (χ0n) is 11.0. The minimum atomic E-state index is -0.795. The normalized spacial score (nSPS) is 11.3. The molecule has 0 saturated heterocycles. The van der Waals surface area contributed by atoms with Crippen LogP contribution >= 0.6 is 0 Å². The molecule has 0 unspecified atom stereocenters. The maximum atomic E-state index is 11.7. The molecule has 0 aromatic carbocycles. The van der Waals surface area contributed by atoms with Crippen LogP contribution in [0.25, 0.3) is 0 Å². The summed E-state index contributed by atoms with van der Waals surface area (Å²) in [7, 11) is 0. The summed E-state index contributed by atoms with van der Waals surface area (Å²) in [5, 5.41) is 4.47. The molecule has 10 N–H and O–H groups in total. The highest BCUT2D eigenvalue weighted by molar-refractivity contribution is 5.78. The number of nitrogens with zero attached hydrogens (tertiary/aromatic N) is 3. The van der Waals surface area contributed by atoms with E-state index in [1.807, 2.05) is 0 Å². The summed E-state index contributed by atoms with van der Waals surface area (Å²) in [4.78, 5) is 15.5. The number of esters is 1. The molecule has 10 heteroatoms. The first-order valence-corrected chi connectivity index (χ1v) is 5.74. The van der Waals surface area contributed by atoms with Crippen molar-refractivity contribution in [2.75, 3.05) is 13.2 Å². The van der Waals surface area contributed by atoms with Crippen molar-refractivity contribution in [3.8, 4) is 0 Å². The second kappa shape index (κ2) is 8.80. The Morgan fingerprint density at radius 1 is 1.26 bits per heavy atom. The van der Waals surface area contributed by atoms with Crippen molar-refractivity contribution in [3.05, 3.63) is 0 Å². The molecule has 0 aliphatic carbocycles. The van der Waals surface area contributed by atoms with E-state index < -0.39 is 12.0 Å². The number of ether oxygens (including phenoxy) is 1. The number of aliphatic imine (C=N–C) groups is 1. The average Bonchev–Trinajstić information content (AvgIpc) is 2.27. The number of carbonyl (C=O) groups excluding carboxylic acids is 1. The predicted octanol–water partition coefficient (Wildman–Crippen LogP) is -2.66. The van der Waals surface area contributed by atoms with Gasteiger partial charge >= 0.3 is 5.97 Å². The molecule has 0 heterocycles. The van der Waals surface area contributed by atoms with Gasteiger partial charge in [0, 0.05) is 6.54 Å². The molecule has 0 rings (SSSR count). The fraction of sp³-hybridized carbons (Fsp3) is 0.667. The Hall–Kier alpha value is -2.23. The first-order valence-electron chi connectivity index (χ1n) is 5.74. The first-order chi connectivity index (χ1) is 8.88. The number of hydrazine groups is 1. The molecule has 110 valence electrons. The van der Waals surface area contributed by atoms with Crippen molar-refractivity contribution in [3.63, 3.8) is 0 Å². The Bertz CT molecular complexity index is 335. The van der Waals surface area contributed by atoms with E-state index in [0.29, 0.717) is 19.4 Å². The summed E-state index contributed by atoms with van der Waals surface area (Å²) in [6.45, 7) is 2.29. The molecule has 0 saturated carbocycles. The summed E-state index contributed by atoms with van der Waals surface area (Å²) in [5.74, 6) is 4.82. The Morgan fingerprint density at radius 3 is 2.37 bits per heavy atom. The largest absolute Gasteiger partial charge is 0.464 e. The number of hydrazone groups is 1. The second-order valence-corrected chi connectivity index (χ2v) is 3.62. The van der Waals surface area contributed by atoms with Gasteiger partial charge in [-0.15, -0.1) is 5.10 Å². The molecule has 0 aromatic rings. The molecule has 0 aromatic heterocycles. The highest BCUT2D eigenvalue weighted by Crippen LogP contribution is 2.07. The van der Waals surface area contributed by atoms with Gasteiger partial charge in [-0.25, -0.2) is 15.8 Å². The van der Waals surface area contributed by atoms with Gasteiger partial charge in [0.1, 0.15) is 0 Å². The van der Waals surface area contributed by atoms with Crippen LogP contribution in [0.1, 0.15) is 19.8 Å². The third kappa shape index (κ3) is 7.65. The molecule has 0 bridgehead atoms. The summed E-state index contributed by atoms with van der Waals surface area (Å²) >= 11 is 0. The van der Waals surface area contributed by atoms with E-state index in [-0.39, 0.29) is 18.5 Å². The van der Waals surface area contributed by atoms with Crippen LogP contribution < -0.4 is 28.8 Å². The quantitative estimate of drug-likeness (QED) is 0.0792. The van der Waals surface area contributed by atoms with Gasteiger partial charge in [-0.3, -0.25) is 4.99 Å². The van der Waals surface area contributed by atoms with Gasteiger partial charge in [0.15, 0.2) is 12.0 Å². The average molecular weight is 274 g/mol. The van der Waals surface area contributed by atoms with Gasteiger partial charge in [0.25, 0.3) is 0 Å². The van der Waals surface area contributed by atoms with Crippen molar-refractivity contribution in [2.24, 2.45) is 38.9 Å². The second-order valence-electron chi connectivity index (χ2n) is 3.62. The minimum Gasteiger partial charge on any atom is -0.464 e. The minimum absolute atomic E-state index is 0.0125. The van der Waals surface area contributed by atoms with Crippen LogP contribution in [0.5, 0.6) is 0 Å². The maximum absolute atomic E-state index is 11.7. The molecule has 0 aliphatic rings. The number of guanidine groups is 2. The fourth-order valence-corrected chi connectivity index (χ4v) is 1.29. The molecule has 0 spiro atoms. The van der Waals surface area contributed by atoms with E-state index in [9.17, 15) is 4.79 Å². The van der Waals surface area contributed by atoms with Crippen molar-refractivity contribution in [1.82, 2.24) is 5.12 Å². The zero-order valence-corrected chi connectivity index (χ0v) is 11.0. The van der Waals surface area contributed by atoms with Crippen molar-refractivity contribution >= 4 is 17.9 Å². The van der Waals surface area contributed by atoms with Gasteiger partial charge in [-0.1, -0.05) is 0 Å². The van der Waals surface area contributed by atoms with Gasteiger partial charge in [-0.05, 0) is 19.8 Å². The highest BCUT2D eigenvalue weighted by Gasteiger charge is 2.24. The summed E-state index contributed by atoms with van der Waals surface area (Å²) < 4.78 is 4.89. The van der Waals surface area contributed by atoms with E-state index in [2.05, 4.69) is 10.1 Å². The van der Waals surface area contributed by atoms with E-state index in [0.717, 1.165) is 5.12 Å². The van der Waals surface area contributed by atoms with Crippen molar-refractivity contribution in [1.29, 1.82) is 0 Å². The predicted molar refractivity (Wildman–Crippen MR) is 72.2 cm³/mol. The number of carbonyl (C=O) groups is 1. The SMILES string of the molecule is CCOC(=O)[C@H](CCCN=C(N)N)N(N)N=C(N)N. The zero-order chi connectivity index (χ0) is 14.8. The van der Waals surface area contributed by atoms with E-state index >= 15 is 0 Å². The molecule has 19 heavy (non-hydrogen) atoms. The Labute approximate surface area is 111 Å². The van der Waals surface area contributed by atoms with E-state index in [1.54, 1.807) is 6.92 Å². The lowest BCUT2D eigenvalue weighted by molar-refractivity contribution is -0.150. The van der Waals surface area contributed by atoms with Crippen molar-refractivity contribution in [2.45, 2.75) is 25.8 Å². The Balaban J connectivity index is 4.54. The maximum Gasteiger partial charge on any atom is 0.332 e. The Morgan fingerprint density at radius 2 is 1.89 bits per heavy atom. The topological polar surface area (TPSA) is 184 Å². The highest BCUT2D eigenvalue weighted by atomic mass is 16.5. The third-order valence-electron chi connectivity index (χ3n) is 2.04. The van der Waals surface area contributed by atoms with Crippen LogP contribution in [0.3, 0.4) is 0 Å². The lowest BCUT2D eigenvalue weighted by Crippen LogP contribution is -2.45. The smallest absolute Gasteiger partial charge is 0.332 e. The van der Waals surface area contributed by atoms with Crippen molar-refractivity contribution < 1.29 is 9.53 Å². The summed E-state index contributed by atoms with van der Waals surface area (Å²) in [6, 6.07) is -0.795. The molecule has 0 amide bonds. The fourth-order valence-electron chi connectivity index (χ4n) is 1.29. The molecule has 0 radical (unpaired) electrons. The van der Waals surface area contributed by atoms with Crippen LogP contribution in [0.4, 0.5) is 0 Å². The van der Waals surface area contributed by atoms with Gasteiger partial charge < -0.3 is 27.7 Å². The molecule has 0 fully saturated rings. The molecule has 1 atom stereocenters. The van der Waals surface area contributed by atoms with Crippen LogP contribution in [0.2, 0.25) is 0 Å². The van der Waals surface area contributed by atoms with Crippen LogP contribution in [-0.4, -0.2) is 42.2 Å². The standard InChI is InChI=1S/C9H22N8O2/c1-2-19-7(18)6(17(14)16-9(12)13)4-3-5-15-8(10)11/h6H,2-5,14H2,1H3,(H4,10,11,15)(H4,12,13,16)/t6-/m0/s1. The summed E-state index contributed by atoms with van der Waals surface area (Å²) in [5.41, 5.74) is 20.8. The lowest BCUT2D eigenvalue weighted by atomic mass is 10.1. The number of nitrogens with two attached hydrogens (primary N) is 5. The summed E-state index contributed by atoms with van der Waals surface area (Å²) in [6.07, 6.45) is 0.873.